The van der Waals surface area contributed by atoms with Gasteiger partial charge in [0, 0.05) is 14.2 Å². The van der Waals surface area contributed by atoms with Crippen LogP contribution in [0.2, 0.25) is 0 Å². The van der Waals surface area contributed by atoms with Gasteiger partial charge in [0.1, 0.15) is 6.61 Å². The van der Waals surface area contributed by atoms with Crippen LogP contribution in [-0.4, -0.2) is 35.6 Å². The maximum Gasteiger partial charge on any atom is 0.358 e. The summed E-state index contributed by atoms with van der Waals surface area (Å²) in [5.41, 5.74) is 7.24. The molecule has 0 bridgehead atoms. The van der Waals surface area contributed by atoms with Crippen molar-refractivity contribution < 1.29 is 14.3 Å². The molecule has 0 saturated heterocycles. The number of carbonyl (C=O) groups is 1. The van der Waals surface area contributed by atoms with E-state index >= 15 is 0 Å². The number of nitrogens with two attached hydrogens (primary N) is 1. The van der Waals surface area contributed by atoms with E-state index in [2.05, 4.69) is 5.10 Å². The van der Waals surface area contributed by atoms with Crippen LogP contribution in [-0.2, 0) is 22.9 Å². The number of hydrogen-bond donors (Lipinski definition) is 1. The Hall–Kier alpha value is -1.56. The van der Waals surface area contributed by atoms with Crippen molar-refractivity contribution in [1.82, 2.24) is 9.78 Å². The number of rotatable bonds is 5. The van der Waals surface area contributed by atoms with Crippen molar-refractivity contribution in [2.75, 3.05) is 19.5 Å². The van der Waals surface area contributed by atoms with Crippen molar-refractivity contribution in [2.45, 2.75) is 26.4 Å². The van der Waals surface area contributed by atoms with Crippen molar-refractivity contribution >= 4 is 11.7 Å². The molecular formula is C11H19N3O3. The predicted octanol–water partition coefficient (Wildman–Crippen LogP) is 0.756. The fraction of sp³-hybridized carbons (Fsp3) is 0.636. The van der Waals surface area contributed by atoms with Crippen LogP contribution in [0.15, 0.2) is 0 Å². The molecule has 0 spiro atoms. The molecule has 0 fully saturated rings. The van der Waals surface area contributed by atoms with Crippen LogP contribution in [0.5, 0.6) is 0 Å². The van der Waals surface area contributed by atoms with Crippen molar-refractivity contribution in [3.05, 3.63) is 11.4 Å². The van der Waals surface area contributed by atoms with E-state index in [0.717, 1.165) is 0 Å². The van der Waals surface area contributed by atoms with Gasteiger partial charge in [-0.1, -0.05) is 6.92 Å². The predicted molar refractivity (Wildman–Crippen MR) is 63.8 cm³/mol. The minimum absolute atomic E-state index is 0.140. The molecule has 6 heteroatoms. The molecule has 0 aromatic carbocycles. The van der Waals surface area contributed by atoms with Gasteiger partial charge in [-0.15, -0.1) is 0 Å². The molecule has 1 atom stereocenters. The molecule has 1 unspecified atom stereocenters. The first-order valence-corrected chi connectivity index (χ1v) is 5.52. The van der Waals surface area contributed by atoms with E-state index in [1.54, 1.807) is 14.2 Å². The molecule has 0 aliphatic rings. The molecule has 0 saturated carbocycles. The maximum atomic E-state index is 11.8. The van der Waals surface area contributed by atoms with Gasteiger partial charge >= 0.3 is 5.97 Å². The van der Waals surface area contributed by atoms with Gasteiger partial charge in [-0.2, -0.15) is 5.10 Å². The molecular weight excluding hydrogens is 222 g/mol. The van der Waals surface area contributed by atoms with Crippen LogP contribution >= 0.6 is 0 Å². The third-order valence-corrected chi connectivity index (χ3v) is 2.54. The topological polar surface area (TPSA) is 79.4 Å². The highest BCUT2D eigenvalue weighted by Crippen LogP contribution is 2.17. The Kier molecular flexibility index (Phi) is 4.51. The first kappa shape index (κ1) is 13.5. The smallest absolute Gasteiger partial charge is 0.358 e. The van der Waals surface area contributed by atoms with Crippen LogP contribution in [0.1, 0.15) is 30.0 Å². The van der Waals surface area contributed by atoms with Crippen LogP contribution in [0.4, 0.5) is 5.69 Å². The number of aromatic nitrogens is 2. The Labute approximate surface area is 101 Å². The second-order valence-electron chi connectivity index (χ2n) is 3.83. The molecule has 1 aromatic heterocycles. The number of nitrogens with zero attached hydrogens (tertiary/aromatic N) is 2. The summed E-state index contributed by atoms with van der Waals surface area (Å²) in [6, 6.07) is 0. The Morgan fingerprint density at radius 1 is 1.59 bits per heavy atom. The summed E-state index contributed by atoms with van der Waals surface area (Å²) in [5.74, 6) is -0.471. The van der Waals surface area contributed by atoms with Gasteiger partial charge in [0.05, 0.1) is 17.5 Å². The summed E-state index contributed by atoms with van der Waals surface area (Å²) in [6.07, 6.45) is 0.542. The van der Waals surface area contributed by atoms with E-state index in [0.29, 0.717) is 23.5 Å². The van der Waals surface area contributed by atoms with Crippen molar-refractivity contribution in [3.8, 4) is 0 Å². The van der Waals surface area contributed by atoms with E-state index in [9.17, 15) is 4.79 Å². The summed E-state index contributed by atoms with van der Waals surface area (Å²) in [4.78, 5) is 11.8. The van der Waals surface area contributed by atoms with Gasteiger partial charge in [-0.05, 0) is 13.3 Å². The van der Waals surface area contributed by atoms with Crippen molar-refractivity contribution in [2.24, 2.45) is 7.05 Å². The second-order valence-corrected chi connectivity index (χ2v) is 3.83. The summed E-state index contributed by atoms with van der Waals surface area (Å²) in [5, 5.41) is 4.16. The Morgan fingerprint density at radius 3 is 2.71 bits per heavy atom. The summed E-state index contributed by atoms with van der Waals surface area (Å²) >= 11 is 0. The minimum atomic E-state index is -0.471. The van der Waals surface area contributed by atoms with Crippen molar-refractivity contribution in [1.29, 1.82) is 0 Å². The fourth-order valence-corrected chi connectivity index (χ4v) is 1.43. The van der Waals surface area contributed by atoms with Crippen LogP contribution in [0, 0.1) is 0 Å². The summed E-state index contributed by atoms with van der Waals surface area (Å²) in [7, 11) is 3.23. The fourth-order valence-electron chi connectivity index (χ4n) is 1.43. The molecule has 2 N–H and O–H groups in total. The van der Waals surface area contributed by atoms with Crippen LogP contribution < -0.4 is 5.73 Å². The van der Waals surface area contributed by atoms with Gasteiger partial charge in [0.25, 0.3) is 0 Å². The zero-order valence-corrected chi connectivity index (χ0v) is 10.7. The number of nitrogen functional groups attached to an aromatic ring is 1. The van der Waals surface area contributed by atoms with E-state index in [1.807, 2.05) is 13.8 Å². The van der Waals surface area contributed by atoms with Crippen LogP contribution in [0.3, 0.4) is 0 Å². The summed E-state index contributed by atoms with van der Waals surface area (Å²) in [6.45, 7) is 3.94. The average Bonchev–Trinajstić information content (AvgIpc) is 2.60. The molecule has 0 radical (unpaired) electrons. The van der Waals surface area contributed by atoms with Gasteiger partial charge in [0.2, 0.25) is 0 Å². The van der Waals surface area contributed by atoms with Crippen LogP contribution in [0.25, 0.3) is 0 Å². The molecule has 6 nitrogen and oxygen atoms in total. The largest absolute Gasteiger partial charge is 0.458 e. The average molecular weight is 241 g/mol. The molecule has 0 amide bonds. The van der Waals surface area contributed by atoms with Gasteiger partial charge in [0.15, 0.2) is 5.69 Å². The number of anilines is 1. The quantitative estimate of drug-likeness (QED) is 0.770. The maximum absolute atomic E-state index is 11.8. The Morgan fingerprint density at radius 2 is 2.24 bits per heavy atom. The first-order valence-electron chi connectivity index (χ1n) is 5.52. The zero-order chi connectivity index (χ0) is 13.0. The van der Waals surface area contributed by atoms with Crippen molar-refractivity contribution in [3.63, 3.8) is 0 Å². The van der Waals surface area contributed by atoms with Gasteiger partial charge in [-0.3, -0.25) is 4.68 Å². The lowest BCUT2D eigenvalue weighted by Crippen LogP contribution is -2.20. The minimum Gasteiger partial charge on any atom is -0.458 e. The monoisotopic (exact) mass is 241 g/mol. The molecule has 1 aromatic rings. The number of esters is 1. The third-order valence-electron chi connectivity index (χ3n) is 2.54. The van der Waals surface area contributed by atoms with E-state index in [-0.39, 0.29) is 12.7 Å². The SMILES string of the molecule is CCc1nn(C)c(C(=O)OCC(C)OC)c1N. The molecule has 17 heavy (non-hydrogen) atoms. The lowest BCUT2D eigenvalue weighted by Gasteiger charge is -2.10. The lowest BCUT2D eigenvalue weighted by atomic mass is 10.2. The van der Waals surface area contributed by atoms with E-state index < -0.39 is 5.97 Å². The third kappa shape index (κ3) is 2.97. The van der Waals surface area contributed by atoms with Gasteiger partial charge in [-0.25, -0.2) is 4.79 Å². The lowest BCUT2D eigenvalue weighted by molar-refractivity contribution is 0.0161. The molecule has 0 aliphatic heterocycles. The number of methoxy groups -OCH3 is 1. The number of hydrogen-bond acceptors (Lipinski definition) is 5. The first-order chi connectivity index (χ1) is 8.01. The standard InChI is InChI=1S/C11H19N3O3/c1-5-8-9(12)10(14(3)13-8)11(15)17-6-7(2)16-4/h7H,5-6,12H2,1-4H3. The normalized spacial score (nSPS) is 12.5. The molecule has 0 aliphatic carbocycles. The summed E-state index contributed by atoms with van der Waals surface area (Å²) < 4.78 is 11.5. The number of ether oxygens (including phenoxy) is 2. The Bertz CT molecular complexity index is 401. The molecule has 1 rings (SSSR count). The van der Waals surface area contributed by atoms with Gasteiger partial charge < -0.3 is 15.2 Å². The Balaban J connectivity index is 2.78. The number of aryl methyl sites for hydroxylation is 2. The highest BCUT2D eigenvalue weighted by molar-refractivity contribution is 5.93. The number of carbonyl (C=O) groups excluding carboxylic acids is 1. The highest BCUT2D eigenvalue weighted by Gasteiger charge is 2.20. The van der Waals surface area contributed by atoms with E-state index in [1.165, 1.54) is 4.68 Å². The highest BCUT2D eigenvalue weighted by atomic mass is 16.6. The molecule has 96 valence electrons. The molecule has 1 heterocycles. The second kappa shape index (κ2) is 5.67. The zero-order valence-electron chi connectivity index (χ0n) is 10.7. The van der Waals surface area contributed by atoms with E-state index in [4.69, 9.17) is 15.2 Å².